The van der Waals surface area contributed by atoms with Crippen molar-refractivity contribution in [3.63, 3.8) is 0 Å². The van der Waals surface area contributed by atoms with Crippen molar-refractivity contribution in [3.8, 4) is 5.75 Å². The van der Waals surface area contributed by atoms with Crippen molar-refractivity contribution >= 4 is 10.9 Å². The molecule has 1 saturated heterocycles. The Labute approximate surface area is 190 Å². The Morgan fingerprint density at radius 2 is 1.91 bits per heavy atom. The number of halogens is 1. The summed E-state index contributed by atoms with van der Waals surface area (Å²) in [7, 11) is 0. The molecule has 33 heavy (non-hydrogen) atoms. The van der Waals surface area contributed by atoms with Crippen molar-refractivity contribution in [3.05, 3.63) is 81.7 Å². The lowest BCUT2D eigenvalue weighted by Gasteiger charge is -2.26. The number of aromatic amines is 1. The summed E-state index contributed by atoms with van der Waals surface area (Å²) in [5, 5.41) is 13.3. The van der Waals surface area contributed by atoms with Gasteiger partial charge < -0.3 is 9.72 Å². The Balaban J connectivity index is 1.59. The Morgan fingerprint density at radius 3 is 2.67 bits per heavy atom. The first-order chi connectivity index (χ1) is 16.1. The van der Waals surface area contributed by atoms with Crippen LogP contribution in [-0.4, -0.2) is 49.8 Å². The maximum atomic E-state index is 13.3. The molecule has 0 bridgehead atoms. The summed E-state index contributed by atoms with van der Waals surface area (Å²) < 4.78 is 20.7. The number of hydrogen-bond donors (Lipinski definition) is 1. The predicted molar refractivity (Wildman–Crippen MR) is 122 cm³/mol. The van der Waals surface area contributed by atoms with Gasteiger partial charge in [-0.1, -0.05) is 12.1 Å². The first-order valence-corrected chi connectivity index (χ1v) is 11.2. The molecule has 9 heteroatoms. The number of hydrogen-bond acceptors (Lipinski definition) is 6. The number of tetrazole rings is 1. The molecule has 1 aliphatic heterocycles. The zero-order valence-corrected chi connectivity index (χ0v) is 18.4. The summed E-state index contributed by atoms with van der Waals surface area (Å²) in [6.45, 7) is 4.59. The average molecular weight is 449 g/mol. The molecule has 0 radical (unpaired) electrons. The largest absolute Gasteiger partial charge is 0.494 e. The summed E-state index contributed by atoms with van der Waals surface area (Å²) in [6, 6.07) is 13.4. The third-order valence-electron chi connectivity index (χ3n) is 6.01. The second kappa shape index (κ2) is 9.11. The monoisotopic (exact) mass is 448 g/mol. The molecule has 0 aliphatic carbocycles. The van der Waals surface area contributed by atoms with Gasteiger partial charge in [0.25, 0.3) is 5.56 Å². The van der Waals surface area contributed by atoms with Crippen LogP contribution in [0.15, 0.2) is 53.3 Å². The Hall–Kier alpha value is -3.59. The summed E-state index contributed by atoms with van der Waals surface area (Å²) in [6.07, 6.45) is 2.10. The lowest BCUT2D eigenvalue weighted by Crippen LogP contribution is -2.33. The number of aromatic nitrogens is 5. The van der Waals surface area contributed by atoms with E-state index in [1.807, 2.05) is 31.2 Å². The first-order valence-electron chi connectivity index (χ1n) is 11.2. The van der Waals surface area contributed by atoms with E-state index in [1.165, 1.54) is 12.1 Å². The van der Waals surface area contributed by atoms with Crippen molar-refractivity contribution in [2.75, 3.05) is 19.7 Å². The number of fused-ring (bicyclic) bond motifs is 1. The summed E-state index contributed by atoms with van der Waals surface area (Å²) >= 11 is 0. The first kappa shape index (κ1) is 21.3. The molecule has 4 aromatic rings. The van der Waals surface area contributed by atoms with Gasteiger partial charge in [-0.05, 0) is 85.2 Å². The van der Waals surface area contributed by atoms with E-state index in [0.717, 1.165) is 48.1 Å². The van der Waals surface area contributed by atoms with E-state index >= 15 is 0 Å². The quantitative estimate of drug-likeness (QED) is 0.467. The number of rotatable bonds is 7. The molecule has 1 unspecified atom stereocenters. The minimum absolute atomic E-state index is 0.167. The van der Waals surface area contributed by atoms with Gasteiger partial charge in [0.05, 0.1) is 13.2 Å². The molecule has 0 spiro atoms. The van der Waals surface area contributed by atoms with Crippen LogP contribution in [0.1, 0.15) is 42.8 Å². The Bertz CT molecular complexity index is 1310. The van der Waals surface area contributed by atoms with Crippen molar-refractivity contribution in [2.24, 2.45) is 0 Å². The van der Waals surface area contributed by atoms with E-state index in [2.05, 4.69) is 25.4 Å². The third kappa shape index (κ3) is 4.36. The van der Waals surface area contributed by atoms with Crippen molar-refractivity contribution in [1.82, 2.24) is 30.1 Å². The second-order valence-electron chi connectivity index (χ2n) is 8.20. The minimum Gasteiger partial charge on any atom is -0.494 e. The number of pyridine rings is 1. The lowest BCUT2D eigenvalue weighted by molar-refractivity contribution is 0.263. The van der Waals surface area contributed by atoms with E-state index in [1.54, 1.807) is 16.8 Å². The molecule has 3 heterocycles. The highest BCUT2D eigenvalue weighted by Crippen LogP contribution is 2.30. The highest BCUT2D eigenvalue weighted by molar-refractivity contribution is 5.80. The molecule has 170 valence electrons. The van der Waals surface area contributed by atoms with Gasteiger partial charge >= 0.3 is 0 Å². The molecular weight excluding hydrogens is 423 g/mol. The Morgan fingerprint density at radius 1 is 1.12 bits per heavy atom. The van der Waals surface area contributed by atoms with Crippen LogP contribution in [0.4, 0.5) is 4.39 Å². The maximum Gasteiger partial charge on any atom is 0.253 e. The van der Waals surface area contributed by atoms with E-state index < -0.39 is 6.04 Å². The molecule has 1 fully saturated rings. The minimum atomic E-state index is -0.396. The predicted octanol–water partition coefficient (Wildman–Crippen LogP) is 3.29. The number of ether oxygens (including phenoxy) is 1. The topological polar surface area (TPSA) is 88.9 Å². The van der Waals surface area contributed by atoms with Gasteiger partial charge in [-0.15, -0.1) is 5.10 Å². The fourth-order valence-electron chi connectivity index (χ4n) is 4.44. The van der Waals surface area contributed by atoms with Gasteiger partial charge in [-0.3, -0.25) is 9.69 Å². The average Bonchev–Trinajstić information content (AvgIpc) is 3.50. The molecule has 5 rings (SSSR count). The van der Waals surface area contributed by atoms with E-state index in [-0.39, 0.29) is 11.4 Å². The van der Waals surface area contributed by atoms with Gasteiger partial charge in [0.2, 0.25) is 0 Å². The molecule has 8 nitrogen and oxygen atoms in total. The smallest absolute Gasteiger partial charge is 0.253 e. The highest BCUT2D eigenvalue weighted by atomic mass is 19.1. The van der Waals surface area contributed by atoms with Crippen molar-refractivity contribution < 1.29 is 9.13 Å². The van der Waals surface area contributed by atoms with Crippen LogP contribution in [0, 0.1) is 5.82 Å². The summed E-state index contributed by atoms with van der Waals surface area (Å²) in [5.41, 5.74) is 2.05. The standard InChI is InChI=1S/C24H25FN6O2/c1-2-33-19-9-10-21-17(13-19)14-20(24(32)26-21)22(30-11-3-4-12-30)23-27-28-29-31(23)15-16-5-7-18(25)8-6-16/h5-10,13-14,22H,2-4,11-12,15H2,1H3,(H,26,32). The molecule has 1 aliphatic rings. The fraction of sp³-hybridized carbons (Fsp3) is 0.333. The molecular formula is C24H25FN6O2. The third-order valence-corrected chi connectivity index (χ3v) is 6.01. The summed E-state index contributed by atoms with van der Waals surface area (Å²) in [5.74, 6) is 1.05. The van der Waals surface area contributed by atoms with E-state index in [4.69, 9.17) is 4.74 Å². The second-order valence-corrected chi connectivity index (χ2v) is 8.20. The molecule has 1 N–H and O–H groups in total. The van der Waals surface area contributed by atoms with Crippen LogP contribution in [0.25, 0.3) is 10.9 Å². The molecule has 0 amide bonds. The number of nitrogens with one attached hydrogen (secondary N) is 1. The number of likely N-dealkylation sites (tertiary alicyclic amines) is 1. The highest BCUT2D eigenvalue weighted by Gasteiger charge is 2.32. The number of H-pyrrole nitrogens is 1. The number of benzene rings is 2. The van der Waals surface area contributed by atoms with Crippen LogP contribution in [0.2, 0.25) is 0 Å². The molecule has 2 aromatic heterocycles. The van der Waals surface area contributed by atoms with Gasteiger partial charge in [0, 0.05) is 16.5 Å². The van der Waals surface area contributed by atoms with Crippen LogP contribution < -0.4 is 10.3 Å². The van der Waals surface area contributed by atoms with Crippen LogP contribution in [-0.2, 0) is 6.54 Å². The maximum absolute atomic E-state index is 13.3. The van der Waals surface area contributed by atoms with Gasteiger partial charge in [-0.2, -0.15) is 0 Å². The number of nitrogens with zero attached hydrogens (tertiary/aromatic N) is 5. The SMILES string of the molecule is CCOc1ccc2[nH]c(=O)c(C(c3nnnn3Cc3ccc(F)cc3)N3CCCC3)cc2c1. The van der Waals surface area contributed by atoms with E-state index in [0.29, 0.717) is 24.5 Å². The molecule has 1 atom stereocenters. The normalized spacial score (nSPS) is 15.2. The summed E-state index contributed by atoms with van der Waals surface area (Å²) in [4.78, 5) is 18.5. The van der Waals surface area contributed by atoms with Gasteiger partial charge in [0.15, 0.2) is 5.82 Å². The van der Waals surface area contributed by atoms with E-state index in [9.17, 15) is 9.18 Å². The van der Waals surface area contributed by atoms with Crippen molar-refractivity contribution in [2.45, 2.75) is 32.4 Å². The zero-order chi connectivity index (χ0) is 22.8. The zero-order valence-electron chi connectivity index (χ0n) is 18.4. The van der Waals surface area contributed by atoms with Crippen LogP contribution >= 0.6 is 0 Å². The fourth-order valence-corrected chi connectivity index (χ4v) is 4.44. The van der Waals surface area contributed by atoms with Crippen LogP contribution in [0.5, 0.6) is 5.75 Å². The van der Waals surface area contributed by atoms with Gasteiger partial charge in [-0.25, -0.2) is 9.07 Å². The van der Waals surface area contributed by atoms with Gasteiger partial charge in [0.1, 0.15) is 17.6 Å². The van der Waals surface area contributed by atoms with Crippen molar-refractivity contribution in [1.29, 1.82) is 0 Å². The Kier molecular flexibility index (Phi) is 5.87. The van der Waals surface area contributed by atoms with Crippen LogP contribution in [0.3, 0.4) is 0 Å². The molecule has 2 aromatic carbocycles. The molecule has 0 saturated carbocycles. The lowest BCUT2D eigenvalue weighted by atomic mass is 10.0.